The standard InChI is InChI=1S/C6H17FNP/c1-5(2)9(7,8)6(3)4/h5-6,9H,8H2,1-4H3. The normalized spacial score (nSPS) is 15.1. The number of hydrogen-bond donors (Lipinski definition) is 1. The maximum atomic E-state index is 13.3. The van der Waals surface area contributed by atoms with E-state index in [4.69, 9.17) is 5.50 Å². The van der Waals surface area contributed by atoms with Gasteiger partial charge in [-0.3, -0.25) is 0 Å². The van der Waals surface area contributed by atoms with Crippen LogP contribution in [0, 0.1) is 0 Å². The van der Waals surface area contributed by atoms with Crippen molar-refractivity contribution in [2.45, 2.75) is 39.0 Å². The fourth-order valence-corrected chi connectivity index (χ4v) is 2.00. The summed E-state index contributed by atoms with van der Waals surface area (Å²) in [5, 5.41) is 0. The SMILES string of the molecule is CC(C)[PH](N)(F)C(C)C. The van der Waals surface area contributed by atoms with Crippen molar-refractivity contribution in [2.75, 3.05) is 0 Å². The van der Waals surface area contributed by atoms with Crippen LogP contribution in [0.1, 0.15) is 27.7 Å². The van der Waals surface area contributed by atoms with Crippen LogP contribution in [0.3, 0.4) is 0 Å². The van der Waals surface area contributed by atoms with Crippen molar-refractivity contribution in [3.05, 3.63) is 0 Å². The molecule has 0 saturated carbocycles. The summed E-state index contributed by atoms with van der Waals surface area (Å²) in [6, 6.07) is 0. The van der Waals surface area contributed by atoms with E-state index in [0.717, 1.165) is 0 Å². The van der Waals surface area contributed by atoms with Crippen molar-refractivity contribution in [3.63, 3.8) is 0 Å². The molecule has 0 aromatic rings. The van der Waals surface area contributed by atoms with Gasteiger partial charge < -0.3 is 0 Å². The summed E-state index contributed by atoms with van der Waals surface area (Å²) >= 11 is 0. The van der Waals surface area contributed by atoms with Gasteiger partial charge in [0, 0.05) is 0 Å². The van der Waals surface area contributed by atoms with Crippen LogP contribution in [-0.4, -0.2) is 11.3 Å². The molecule has 2 N–H and O–H groups in total. The molecule has 1 nitrogen and oxygen atoms in total. The number of halogens is 1. The Bertz CT molecular complexity index is 81.1. The molecular weight excluding hydrogens is 136 g/mol. The second-order valence-corrected chi connectivity index (χ2v) is 7.10. The second-order valence-electron chi connectivity index (χ2n) is 3.14. The van der Waals surface area contributed by atoms with Gasteiger partial charge >= 0.3 is 56.4 Å². The van der Waals surface area contributed by atoms with E-state index in [1.54, 1.807) is 0 Å². The van der Waals surface area contributed by atoms with Crippen LogP contribution in [0.5, 0.6) is 0 Å². The molecule has 0 aromatic heterocycles. The first kappa shape index (κ1) is 9.32. The average molecular weight is 153 g/mol. The molecule has 58 valence electrons. The van der Waals surface area contributed by atoms with Gasteiger partial charge in [-0.2, -0.15) is 0 Å². The maximum absolute atomic E-state index is 13.3. The van der Waals surface area contributed by atoms with Crippen molar-refractivity contribution in [1.82, 2.24) is 0 Å². The molecule has 0 aliphatic rings. The van der Waals surface area contributed by atoms with E-state index >= 15 is 0 Å². The van der Waals surface area contributed by atoms with Gasteiger partial charge in [0.05, 0.1) is 0 Å². The monoisotopic (exact) mass is 153 g/mol. The van der Waals surface area contributed by atoms with Gasteiger partial charge in [-0.1, -0.05) is 0 Å². The Kier molecular flexibility index (Phi) is 3.04. The molecule has 9 heavy (non-hydrogen) atoms. The Morgan fingerprint density at radius 1 is 1.11 bits per heavy atom. The van der Waals surface area contributed by atoms with Gasteiger partial charge in [-0.15, -0.1) is 0 Å². The molecule has 0 heterocycles. The van der Waals surface area contributed by atoms with Crippen LogP contribution in [0.15, 0.2) is 0 Å². The fourth-order valence-electron chi connectivity index (χ4n) is 0.667. The molecular formula is C6H17FNP. The van der Waals surface area contributed by atoms with E-state index in [2.05, 4.69) is 0 Å². The Morgan fingerprint density at radius 3 is 1.33 bits per heavy atom. The molecule has 0 saturated heterocycles. The first-order chi connectivity index (χ1) is 3.89. The zero-order valence-electron chi connectivity index (χ0n) is 6.61. The minimum atomic E-state index is -2.86. The number of rotatable bonds is 2. The van der Waals surface area contributed by atoms with Gasteiger partial charge in [0.2, 0.25) is 0 Å². The molecule has 0 spiro atoms. The molecule has 0 unspecified atom stereocenters. The average Bonchev–Trinajstić information content (AvgIpc) is 1.65. The summed E-state index contributed by atoms with van der Waals surface area (Å²) < 4.78 is 13.3. The Hall–Kier alpha value is 0.320. The van der Waals surface area contributed by atoms with Gasteiger partial charge in [0.25, 0.3) is 0 Å². The first-order valence-electron chi connectivity index (χ1n) is 3.36. The van der Waals surface area contributed by atoms with Crippen LogP contribution < -0.4 is 5.50 Å². The summed E-state index contributed by atoms with van der Waals surface area (Å²) in [5.74, 6) is 0. The van der Waals surface area contributed by atoms with Crippen LogP contribution >= 0.6 is 7.72 Å². The fraction of sp³-hybridized carbons (Fsp3) is 1.00. The van der Waals surface area contributed by atoms with Crippen molar-refractivity contribution < 1.29 is 4.20 Å². The Labute approximate surface area is 57.3 Å². The predicted octanol–water partition coefficient (Wildman–Crippen LogP) is 2.31. The number of nitrogens with two attached hydrogens (primary N) is 1. The van der Waals surface area contributed by atoms with E-state index < -0.39 is 7.72 Å². The second kappa shape index (κ2) is 2.94. The Morgan fingerprint density at radius 2 is 1.33 bits per heavy atom. The molecule has 3 heteroatoms. The molecule has 0 rings (SSSR count). The third-order valence-electron chi connectivity index (χ3n) is 1.77. The van der Waals surface area contributed by atoms with E-state index in [1.165, 1.54) is 0 Å². The molecule has 0 bridgehead atoms. The predicted molar refractivity (Wildman–Crippen MR) is 43.9 cm³/mol. The molecule has 0 aliphatic heterocycles. The van der Waals surface area contributed by atoms with Gasteiger partial charge in [0.15, 0.2) is 0 Å². The van der Waals surface area contributed by atoms with Crippen molar-refractivity contribution >= 4 is 7.72 Å². The van der Waals surface area contributed by atoms with Crippen molar-refractivity contribution in [1.29, 1.82) is 0 Å². The van der Waals surface area contributed by atoms with Gasteiger partial charge in [-0.05, 0) is 0 Å². The van der Waals surface area contributed by atoms with Crippen LogP contribution in [0.2, 0.25) is 0 Å². The van der Waals surface area contributed by atoms with E-state index in [-0.39, 0.29) is 11.3 Å². The topological polar surface area (TPSA) is 26.0 Å². The van der Waals surface area contributed by atoms with Crippen LogP contribution in [0.25, 0.3) is 0 Å². The molecule has 0 aliphatic carbocycles. The minimum absolute atomic E-state index is 0.0394. The molecule has 0 amide bonds. The van der Waals surface area contributed by atoms with Crippen LogP contribution in [-0.2, 0) is 0 Å². The summed E-state index contributed by atoms with van der Waals surface area (Å²) in [6.45, 7) is 7.41. The molecule has 0 fully saturated rings. The zero-order valence-corrected chi connectivity index (χ0v) is 7.61. The third kappa shape index (κ3) is 2.19. The number of hydrogen-bond acceptors (Lipinski definition) is 1. The van der Waals surface area contributed by atoms with Gasteiger partial charge in [-0.25, -0.2) is 0 Å². The van der Waals surface area contributed by atoms with E-state index in [0.29, 0.717) is 0 Å². The molecule has 0 aromatic carbocycles. The molecule has 0 atom stereocenters. The van der Waals surface area contributed by atoms with Crippen molar-refractivity contribution in [3.8, 4) is 0 Å². The molecule has 0 radical (unpaired) electrons. The third-order valence-corrected chi connectivity index (χ3v) is 5.31. The summed E-state index contributed by atoms with van der Waals surface area (Å²) in [7, 11) is -2.86. The van der Waals surface area contributed by atoms with E-state index in [1.807, 2.05) is 27.7 Å². The van der Waals surface area contributed by atoms with Gasteiger partial charge in [0.1, 0.15) is 0 Å². The van der Waals surface area contributed by atoms with Crippen molar-refractivity contribution in [2.24, 2.45) is 5.50 Å². The zero-order chi connectivity index (χ0) is 7.65. The summed E-state index contributed by atoms with van der Waals surface area (Å²) in [5.41, 5.74) is 5.55. The summed E-state index contributed by atoms with van der Waals surface area (Å²) in [6.07, 6.45) is 0. The quantitative estimate of drug-likeness (QED) is 0.605. The summed E-state index contributed by atoms with van der Waals surface area (Å²) in [4.78, 5) is 0. The van der Waals surface area contributed by atoms with E-state index in [9.17, 15) is 4.20 Å². The van der Waals surface area contributed by atoms with Crippen LogP contribution in [0.4, 0.5) is 4.20 Å². The Balaban J connectivity index is 4.01. The first-order valence-corrected chi connectivity index (χ1v) is 5.47.